The summed E-state index contributed by atoms with van der Waals surface area (Å²) in [5.74, 6) is 0.659. The first-order valence-corrected chi connectivity index (χ1v) is 14.5. The van der Waals surface area contributed by atoms with Crippen LogP contribution in [0.2, 0.25) is 0 Å². The van der Waals surface area contributed by atoms with Crippen LogP contribution in [0.3, 0.4) is 0 Å². The zero-order chi connectivity index (χ0) is 28.3. The lowest BCUT2D eigenvalue weighted by Gasteiger charge is -2.30. The molecule has 5 aromatic rings. The Balaban J connectivity index is 1.36. The first-order valence-electron chi connectivity index (χ1n) is 12.9. The van der Waals surface area contributed by atoms with Gasteiger partial charge in [-0.25, -0.2) is 4.99 Å². The molecular weight excluding hydrogens is 613 g/mol. The number of hydrogen-bond acceptors (Lipinski definition) is 4. The molecular formula is C32H20BrF3N2O2S. The molecule has 9 heteroatoms. The molecule has 4 nitrogen and oxygen atoms in total. The van der Waals surface area contributed by atoms with Crippen molar-refractivity contribution in [1.82, 2.24) is 4.57 Å². The number of hydrogen-bond donors (Lipinski definition) is 0. The molecule has 2 aliphatic rings. The lowest BCUT2D eigenvalue weighted by molar-refractivity contribution is -0.137. The Kier molecular flexibility index (Phi) is 6.24. The van der Waals surface area contributed by atoms with Crippen molar-refractivity contribution in [2.45, 2.75) is 25.1 Å². The van der Waals surface area contributed by atoms with Gasteiger partial charge in [0, 0.05) is 21.7 Å². The van der Waals surface area contributed by atoms with Crippen molar-refractivity contribution < 1.29 is 17.6 Å². The van der Waals surface area contributed by atoms with Crippen LogP contribution in [0.15, 0.2) is 109 Å². The highest BCUT2D eigenvalue weighted by Crippen LogP contribution is 2.41. The fraction of sp³-hybridized carbons (Fsp3) is 0.125. The maximum Gasteiger partial charge on any atom is 0.416 e. The first-order chi connectivity index (χ1) is 19.8. The third-order valence-corrected chi connectivity index (χ3v) is 8.94. The number of halogens is 4. The number of allylic oxidation sites excluding steroid dienone is 1. The minimum atomic E-state index is -4.45. The van der Waals surface area contributed by atoms with Crippen LogP contribution in [0.25, 0.3) is 23.1 Å². The highest BCUT2D eigenvalue weighted by molar-refractivity contribution is 9.10. The Morgan fingerprint density at radius 3 is 2.59 bits per heavy atom. The van der Waals surface area contributed by atoms with Crippen LogP contribution in [0.1, 0.15) is 40.5 Å². The van der Waals surface area contributed by atoms with Crippen molar-refractivity contribution in [3.8, 4) is 11.3 Å². The third-order valence-electron chi connectivity index (χ3n) is 7.43. The van der Waals surface area contributed by atoms with E-state index in [1.807, 2.05) is 36.4 Å². The van der Waals surface area contributed by atoms with Crippen LogP contribution >= 0.6 is 27.3 Å². The molecule has 1 aliphatic carbocycles. The van der Waals surface area contributed by atoms with Gasteiger partial charge >= 0.3 is 6.18 Å². The highest BCUT2D eigenvalue weighted by atomic mass is 79.9. The Morgan fingerprint density at radius 1 is 0.976 bits per heavy atom. The number of furan rings is 1. The van der Waals surface area contributed by atoms with E-state index in [0.717, 1.165) is 51.8 Å². The van der Waals surface area contributed by atoms with Crippen LogP contribution < -0.4 is 14.9 Å². The number of alkyl halides is 3. The van der Waals surface area contributed by atoms with Crippen LogP contribution in [0, 0.1) is 0 Å². The molecule has 7 rings (SSSR count). The quantitative estimate of drug-likeness (QED) is 0.209. The molecule has 0 bridgehead atoms. The second-order valence-electron chi connectivity index (χ2n) is 9.95. The molecule has 0 amide bonds. The van der Waals surface area contributed by atoms with Gasteiger partial charge in [0.05, 0.1) is 21.8 Å². The molecule has 0 saturated carbocycles. The van der Waals surface area contributed by atoms with E-state index in [1.54, 1.807) is 28.8 Å². The molecule has 0 spiro atoms. The zero-order valence-corrected chi connectivity index (χ0v) is 23.7. The summed E-state index contributed by atoms with van der Waals surface area (Å²) < 4.78 is 48.7. The standard InChI is InChI=1S/C32H20BrF3N2O2S/c33-22-11-8-19(9-12-22)29-25-14-10-18-4-1-2-7-24(18)28(25)37-31-38(29)30(39)27(41-31)17-23-13-15-26(40-23)20-5-3-6-21(16-20)32(34,35)36/h1-9,11-13,15-17,29H,10,14H2/b27-17+. The summed E-state index contributed by atoms with van der Waals surface area (Å²) >= 11 is 4.79. The highest BCUT2D eigenvalue weighted by Gasteiger charge is 2.33. The summed E-state index contributed by atoms with van der Waals surface area (Å²) in [6.07, 6.45) is -1.16. The molecule has 41 heavy (non-hydrogen) atoms. The predicted octanol–water partition coefficient (Wildman–Crippen LogP) is 7.36. The third kappa shape index (κ3) is 4.63. The van der Waals surface area contributed by atoms with Gasteiger partial charge in [0.15, 0.2) is 4.80 Å². The second-order valence-corrected chi connectivity index (χ2v) is 11.9. The monoisotopic (exact) mass is 632 g/mol. The lowest BCUT2D eigenvalue weighted by Crippen LogP contribution is -2.38. The molecule has 1 aliphatic heterocycles. The Hall–Kier alpha value is -3.95. The predicted molar refractivity (Wildman–Crippen MR) is 156 cm³/mol. The number of nitrogens with zero attached hydrogens (tertiary/aromatic N) is 2. The second kappa shape index (κ2) is 9.85. The minimum Gasteiger partial charge on any atom is -0.457 e. The maximum atomic E-state index is 13.9. The molecule has 2 aromatic heterocycles. The van der Waals surface area contributed by atoms with E-state index in [4.69, 9.17) is 9.41 Å². The van der Waals surface area contributed by atoms with Gasteiger partial charge in [0.1, 0.15) is 11.5 Å². The van der Waals surface area contributed by atoms with Crippen molar-refractivity contribution >= 4 is 39.0 Å². The molecule has 1 unspecified atom stereocenters. The van der Waals surface area contributed by atoms with Gasteiger partial charge in [-0.2, -0.15) is 13.2 Å². The van der Waals surface area contributed by atoms with Gasteiger partial charge < -0.3 is 4.42 Å². The number of aryl methyl sites for hydroxylation is 1. The van der Waals surface area contributed by atoms with Crippen molar-refractivity contribution in [1.29, 1.82) is 0 Å². The van der Waals surface area contributed by atoms with Gasteiger partial charge in [-0.1, -0.05) is 75.8 Å². The molecule has 3 aromatic carbocycles. The average molecular weight is 633 g/mol. The van der Waals surface area contributed by atoms with Gasteiger partial charge in [0.2, 0.25) is 0 Å². The number of benzene rings is 3. The number of rotatable bonds is 3. The van der Waals surface area contributed by atoms with E-state index in [-0.39, 0.29) is 17.4 Å². The average Bonchev–Trinajstić information content (AvgIpc) is 3.56. The summed E-state index contributed by atoms with van der Waals surface area (Å²) in [7, 11) is 0. The van der Waals surface area contributed by atoms with E-state index >= 15 is 0 Å². The van der Waals surface area contributed by atoms with E-state index in [0.29, 0.717) is 20.7 Å². The Bertz CT molecular complexity index is 2030. The topological polar surface area (TPSA) is 47.5 Å². The molecule has 0 saturated heterocycles. The molecule has 0 N–H and O–H groups in total. The number of fused-ring (bicyclic) bond motifs is 3. The van der Waals surface area contributed by atoms with Crippen LogP contribution in [0.4, 0.5) is 13.2 Å². The lowest BCUT2D eigenvalue weighted by atomic mass is 9.83. The molecule has 0 fully saturated rings. The van der Waals surface area contributed by atoms with Crippen molar-refractivity contribution in [2.24, 2.45) is 4.99 Å². The van der Waals surface area contributed by atoms with E-state index in [9.17, 15) is 18.0 Å². The van der Waals surface area contributed by atoms with Gasteiger partial charge in [-0.05, 0) is 65.9 Å². The number of thiazole rings is 1. The van der Waals surface area contributed by atoms with Gasteiger partial charge in [-0.15, -0.1) is 0 Å². The van der Waals surface area contributed by atoms with Crippen LogP contribution in [-0.2, 0) is 12.6 Å². The van der Waals surface area contributed by atoms with Crippen molar-refractivity contribution in [2.75, 3.05) is 0 Å². The van der Waals surface area contributed by atoms with Crippen molar-refractivity contribution in [3.63, 3.8) is 0 Å². The molecule has 3 heterocycles. The van der Waals surface area contributed by atoms with Gasteiger partial charge in [0.25, 0.3) is 5.56 Å². The molecule has 1 atom stereocenters. The van der Waals surface area contributed by atoms with Crippen LogP contribution in [-0.4, -0.2) is 4.57 Å². The summed E-state index contributed by atoms with van der Waals surface area (Å²) in [6.45, 7) is 0. The fourth-order valence-corrected chi connectivity index (χ4v) is 6.78. The summed E-state index contributed by atoms with van der Waals surface area (Å²) in [4.78, 5) is 19.5. The summed E-state index contributed by atoms with van der Waals surface area (Å²) in [5.41, 5.74) is 4.71. The Morgan fingerprint density at radius 2 is 1.78 bits per heavy atom. The largest absolute Gasteiger partial charge is 0.457 e. The summed E-state index contributed by atoms with van der Waals surface area (Å²) in [5, 5.41) is 0. The minimum absolute atomic E-state index is 0.191. The van der Waals surface area contributed by atoms with E-state index < -0.39 is 11.7 Å². The number of aromatic nitrogens is 1. The maximum absolute atomic E-state index is 13.9. The fourth-order valence-electron chi connectivity index (χ4n) is 5.53. The normalized spacial score (nSPS) is 16.7. The smallest absolute Gasteiger partial charge is 0.416 e. The van der Waals surface area contributed by atoms with E-state index in [1.165, 1.54) is 23.0 Å². The Labute approximate surface area is 244 Å². The van der Waals surface area contributed by atoms with Gasteiger partial charge in [-0.3, -0.25) is 9.36 Å². The molecule has 204 valence electrons. The van der Waals surface area contributed by atoms with Crippen molar-refractivity contribution in [3.05, 3.63) is 143 Å². The SMILES string of the molecule is O=c1/c(=C\c2ccc(-c3cccc(C(F)(F)F)c3)o2)sc2n1C(c1ccc(Br)cc1)C1=C(N=2)c2ccccc2CC1. The van der Waals surface area contributed by atoms with Crippen LogP contribution in [0.5, 0.6) is 0 Å². The first kappa shape index (κ1) is 26.0. The zero-order valence-electron chi connectivity index (χ0n) is 21.3. The summed E-state index contributed by atoms with van der Waals surface area (Å²) in [6, 6.07) is 24.2. The van der Waals surface area contributed by atoms with E-state index in [2.05, 4.69) is 28.1 Å². The molecule has 0 radical (unpaired) electrons.